The molecule has 236 valence electrons. The van der Waals surface area contributed by atoms with Gasteiger partial charge >= 0.3 is 11.9 Å². The molecule has 0 aromatic heterocycles. The Bertz CT molecular complexity index is 1460. The lowest BCUT2D eigenvalue weighted by atomic mass is 10.0. The minimum absolute atomic E-state index is 0.190. The van der Waals surface area contributed by atoms with Crippen LogP contribution in [0.3, 0.4) is 0 Å². The lowest BCUT2D eigenvalue weighted by Gasteiger charge is -2.08. The molecule has 0 aliphatic heterocycles. The van der Waals surface area contributed by atoms with Crippen molar-refractivity contribution >= 4 is 26.5 Å². The van der Waals surface area contributed by atoms with Crippen LogP contribution < -0.4 is 14.8 Å². The summed E-state index contributed by atoms with van der Waals surface area (Å²) in [6, 6.07) is 17.0. The average Bonchev–Trinajstić information content (AvgIpc) is 3.02. The Labute approximate surface area is 260 Å². The van der Waals surface area contributed by atoms with Gasteiger partial charge in [0.1, 0.15) is 23.1 Å². The zero-order valence-corrected chi connectivity index (χ0v) is 25.5. The third-order valence-electron chi connectivity index (χ3n) is 7.24. The van der Waals surface area contributed by atoms with E-state index in [9.17, 15) is 31.5 Å². The summed E-state index contributed by atoms with van der Waals surface area (Å²) >= 11 is 0. The Hall–Kier alpha value is -4.10. The van der Waals surface area contributed by atoms with E-state index in [0.717, 1.165) is 81.0 Å². The highest BCUT2D eigenvalue weighted by Gasteiger charge is 2.15. The van der Waals surface area contributed by atoms with Gasteiger partial charge in [-0.15, -0.1) is 0 Å². The van der Waals surface area contributed by atoms with Gasteiger partial charge in [-0.05, 0) is 61.1 Å². The molecule has 0 radical (unpaired) electrons. The molecule has 1 atom stereocenters. The average molecular weight is 643 g/mol. The van der Waals surface area contributed by atoms with E-state index in [0.29, 0.717) is 17.7 Å². The highest BCUT2D eigenvalue weighted by atomic mass is 31.0. The number of benzene rings is 4. The molecule has 4 aromatic carbocycles. The molecule has 0 N–H and O–H groups in total. The molecule has 0 saturated carbocycles. The van der Waals surface area contributed by atoms with Gasteiger partial charge in [0, 0.05) is 29.6 Å². The Balaban J connectivity index is 1.07. The first kappa shape index (κ1) is 33.8. The number of hydrogen-bond acceptors (Lipinski definition) is 4. The van der Waals surface area contributed by atoms with Crippen LogP contribution in [-0.4, -0.2) is 11.9 Å². The standard InChI is InChI=1S/C35H32F5O4P/c36-28-18-26(19-29(37)32(28)40)43-34(41)24-14-10-22(11-15-24)8-6-4-2-1-3-5-7-9-23-12-16-25(17-13-23)35(42)44-27-20-30(38)33(45)31(39)21-27/h10-21H,1-9,45H2. The second-order valence-electron chi connectivity index (χ2n) is 10.6. The summed E-state index contributed by atoms with van der Waals surface area (Å²) in [5.74, 6) is -8.18. The number of halogens is 5. The molecule has 0 amide bonds. The van der Waals surface area contributed by atoms with Crippen molar-refractivity contribution in [3.63, 3.8) is 0 Å². The maximum atomic E-state index is 13.7. The van der Waals surface area contributed by atoms with E-state index >= 15 is 0 Å². The Morgan fingerprint density at radius 1 is 0.511 bits per heavy atom. The van der Waals surface area contributed by atoms with Crippen LogP contribution in [0.4, 0.5) is 22.0 Å². The maximum absolute atomic E-state index is 13.7. The predicted molar refractivity (Wildman–Crippen MR) is 165 cm³/mol. The molecule has 45 heavy (non-hydrogen) atoms. The number of rotatable bonds is 14. The van der Waals surface area contributed by atoms with Crippen LogP contribution in [0.15, 0.2) is 72.8 Å². The van der Waals surface area contributed by atoms with Crippen LogP contribution >= 0.6 is 9.24 Å². The molecular weight excluding hydrogens is 610 g/mol. The van der Waals surface area contributed by atoms with Crippen molar-refractivity contribution in [1.29, 1.82) is 0 Å². The van der Waals surface area contributed by atoms with Crippen molar-refractivity contribution in [1.82, 2.24) is 0 Å². The first-order valence-corrected chi connectivity index (χ1v) is 15.2. The van der Waals surface area contributed by atoms with Gasteiger partial charge in [0.15, 0.2) is 17.5 Å². The van der Waals surface area contributed by atoms with Gasteiger partial charge < -0.3 is 9.47 Å². The molecular formula is C35H32F5O4P. The summed E-state index contributed by atoms with van der Waals surface area (Å²) in [6.07, 6.45) is 9.26. The first-order valence-electron chi connectivity index (χ1n) is 14.6. The molecule has 10 heteroatoms. The summed E-state index contributed by atoms with van der Waals surface area (Å²) in [5, 5.41) is -0.212. The fourth-order valence-electron chi connectivity index (χ4n) is 4.70. The third kappa shape index (κ3) is 9.95. The van der Waals surface area contributed by atoms with E-state index in [-0.39, 0.29) is 16.6 Å². The first-order chi connectivity index (χ1) is 21.6. The molecule has 0 spiro atoms. The Morgan fingerprint density at radius 3 is 1.22 bits per heavy atom. The Morgan fingerprint density at radius 2 is 0.844 bits per heavy atom. The van der Waals surface area contributed by atoms with Crippen molar-refractivity contribution in [3.8, 4) is 11.5 Å². The molecule has 4 aromatic rings. The Kier molecular flexibility index (Phi) is 12.2. The zero-order chi connectivity index (χ0) is 32.3. The summed E-state index contributed by atoms with van der Waals surface area (Å²) in [7, 11) is 1.96. The third-order valence-corrected chi connectivity index (χ3v) is 7.79. The number of aryl methyl sites for hydroxylation is 2. The second kappa shape index (κ2) is 16.3. The van der Waals surface area contributed by atoms with Gasteiger partial charge in [-0.2, -0.15) is 0 Å². The highest BCUT2D eigenvalue weighted by Crippen LogP contribution is 2.21. The van der Waals surface area contributed by atoms with Crippen LogP contribution in [0.5, 0.6) is 11.5 Å². The number of hydrogen-bond donors (Lipinski definition) is 0. The molecule has 0 aliphatic rings. The molecule has 4 nitrogen and oxygen atoms in total. The van der Waals surface area contributed by atoms with Gasteiger partial charge in [0.05, 0.1) is 11.1 Å². The maximum Gasteiger partial charge on any atom is 0.343 e. The lowest BCUT2D eigenvalue weighted by molar-refractivity contribution is 0.0724. The van der Waals surface area contributed by atoms with E-state index in [4.69, 9.17) is 9.47 Å². The molecule has 0 fully saturated rings. The fourth-order valence-corrected chi connectivity index (χ4v) is 4.87. The van der Waals surface area contributed by atoms with Gasteiger partial charge in [0.2, 0.25) is 0 Å². The molecule has 0 aliphatic carbocycles. The lowest BCUT2D eigenvalue weighted by Crippen LogP contribution is -2.11. The van der Waals surface area contributed by atoms with E-state index in [1.54, 1.807) is 24.3 Å². The normalized spacial score (nSPS) is 11.0. The number of esters is 2. The van der Waals surface area contributed by atoms with Gasteiger partial charge in [-0.25, -0.2) is 31.5 Å². The van der Waals surface area contributed by atoms with Crippen molar-refractivity contribution in [2.75, 3.05) is 0 Å². The summed E-state index contributed by atoms with van der Waals surface area (Å²) in [5.41, 5.74) is 2.66. The summed E-state index contributed by atoms with van der Waals surface area (Å²) < 4.78 is 77.1. The quantitative estimate of drug-likeness (QED) is 0.0345. The van der Waals surface area contributed by atoms with E-state index in [2.05, 4.69) is 0 Å². The number of carbonyl (C=O) groups is 2. The molecule has 0 saturated heterocycles. The molecule has 4 rings (SSSR count). The molecule has 0 heterocycles. The SMILES string of the molecule is O=C(Oc1cc(F)c(F)c(F)c1)c1ccc(CCCCCCCCCc2ccc(C(=O)Oc3cc(F)c(P)c(F)c3)cc2)cc1. The topological polar surface area (TPSA) is 52.6 Å². The minimum Gasteiger partial charge on any atom is -0.423 e. The van der Waals surface area contributed by atoms with Gasteiger partial charge in [0.25, 0.3) is 0 Å². The van der Waals surface area contributed by atoms with Crippen LogP contribution in [-0.2, 0) is 12.8 Å². The van der Waals surface area contributed by atoms with E-state index in [1.807, 2.05) is 33.5 Å². The predicted octanol–water partition coefficient (Wildman–Crippen LogP) is 8.84. The van der Waals surface area contributed by atoms with Crippen LogP contribution in [0, 0.1) is 29.1 Å². The zero-order valence-electron chi connectivity index (χ0n) is 24.4. The van der Waals surface area contributed by atoms with Crippen molar-refractivity contribution in [3.05, 3.63) is 124 Å². The fraction of sp³-hybridized carbons (Fsp3) is 0.257. The van der Waals surface area contributed by atoms with Crippen molar-refractivity contribution < 1.29 is 41.0 Å². The monoisotopic (exact) mass is 642 g/mol. The highest BCUT2D eigenvalue weighted by molar-refractivity contribution is 7.27. The number of ether oxygens (including phenoxy) is 2. The summed E-state index contributed by atoms with van der Waals surface area (Å²) in [6.45, 7) is 0. The number of unbranched alkanes of at least 4 members (excludes halogenated alkanes) is 6. The van der Waals surface area contributed by atoms with Crippen LogP contribution in [0.2, 0.25) is 0 Å². The number of carbonyl (C=O) groups excluding carboxylic acids is 2. The van der Waals surface area contributed by atoms with Gasteiger partial charge in [-0.1, -0.05) is 65.6 Å². The van der Waals surface area contributed by atoms with Crippen LogP contribution in [0.1, 0.15) is 76.8 Å². The van der Waals surface area contributed by atoms with Crippen molar-refractivity contribution in [2.24, 2.45) is 0 Å². The molecule has 1 unspecified atom stereocenters. The minimum atomic E-state index is -1.62. The molecule has 0 bridgehead atoms. The van der Waals surface area contributed by atoms with Crippen molar-refractivity contribution in [2.45, 2.75) is 57.8 Å². The largest absolute Gasteiger partial charge is 0.423 e. The van der Waals surface area contributed by atoms with Crippen LogP contribution in [0.25, 0.3) is 0 Å². The smallest absolute Gasteiger partial charge is 0.343 e. The second-order valence-corrected chi connectivity index (χ2v) is 11.2. The van der Waals surface area contributed by atoms with Gasteiger partial charge in [-0.3, -0.25) is 0 Å². The van der Waals surface area contributed by atoms with E-state index < -0.39 is 46.8 Å². The van der Waals surface area contributed by atoms with E-state index in [1.165, 1.54) is 0 Å². The summed E-state index contributed by atoms with van der Waals surface area (Å²) in [4.78, 5) is 24.6.